The molecule has 1 amide bonds. The largest absolute Gasteiger partial charge is 0.333 e. The summed E-state index contributed by atoms with van der Waals surface area (Å²) in [7, 11) is 0. The van der Waals surface area contributed by atoms with Crippen molar-refractivity contribution in [3.8, 4) is 0 Å². The van der Waals surface area contributed by atoms with Crippen LogP contribution in [0.5, 0.6) is 0 Å². The molecule has 160 valence electrons. The smallest absolute Gasteiger partial charge is 0.237 e. The van der Waals surface area contributed by atoms with Crippen LogP contribution in [0.4, 0.5) is 0 Å². The fourth-order valence-corrected chi connectivity index (χ4v) is 6.59. The summed E-state index contributed by atoms with van der Waals surface area (Å²) in [6.07, 6.45) is 8.66. The van der Waals surface area contributed by atoms with Crippen LogP contribution in [-0.2, 0) is 17.9 Å². The van der Waals surface area contributed by atoms with E-state index in [9.17, 15) is 4.79 Å². The zero-order valence-electron chi connectivity index (χ0n) is 18.6. The lowest BCUT2D eigenvalue weighted by Crippen LogP contribution is -2.63. The van der Waals surface area contributed by atoms with E-state index in [0.29, 0.717) is 6.54 Å². The first-order valence-corrected chi connectivity index (χ1v) is 11.7. The SMILES string of the molecule is CCCCNC1(C)CC2CC(C)CC(NCC(=O)N3Cc4ccccc4C3)(C2)C1. The molecule has 0 radical (unpaired) electrons. The standard InChI is InChI=1S/C25H39N3O/c1-4-5-10-26-24(3)13-20-11-19(2)12-25(14-20,18-24)27-15-23(29)28-16-21-8-6-7-9-22(21)17-28/h6-9,19-20,26-27H,4-5,10-18H2,1-3H3. The Kier molecular flexibility index (Phi) is 6.04. The van der Waals surface area contributed by atoms with Crippen molar-refractivity contribution in [3.63, 3.8) is 0 Å². The van der Waals surface area contributed by atoms with Crippen LogP contribution in [0.1, 0.15) is 76.8 Å². The van der Waals surface area contributed by atoms with Gasteiger partial charge in [-0.15, -0.1) is 0 Å². The lowest BCUT2D eigenvalue weighted by molar-refractivity contribution is -0.131. The molecule has 4 unspecified atom stereocenters. The first-order chi connectivity index (χ1) is 13.9. The molecule has 2 saturated carbocycles. The molecule has 1 aromatic rings. The molecule has 4 rings (SSSR count). The van der Waals surface area contributed by atoms with Gasteiger partial charge < -0.3 is 15.5 Å². The third-order valence-electron chi connectivity index (χ3n) is 7.51. The zero-order valence-corrected chi connectivity index (χ0v) is 18.6. The molecule has 3 aliphatic rings. The summed E-state index contributed by atoms with van der Waals surface area (Å²) < 4.78 is 0. The van der Waals surface area contributed by atoms with Crippen LogP contribution in [0.2, 0.25) is 0 Å². The number of nitrogens with zero attached hydrogens (tertiary/aromatic N) is 1. The Bertz CT molecular complexity index is 706. The van der Waals surface area contributed by atoms with Gasteiger partial charge in [0.2, 0.25) is 5.91 Å². The van der Waals surface area contributed by atoms with Crippen LogP contribution in [0, 0.1) is 11.8 Å². The quantitative estimate of drug-likeness (QED) is 0.677. The molecule has 2 aliphatic carbocycles. The van der Waals surface area contributed by atoms with Crippen LogP contribution in [0.3, 0.4) is 0 Å². The number of unbranched alkanes of at least 4 members (excludes halogenated alkanes) is 1. The molecule has 0 spiro atoms. The first-order valence-electron chi connectivity index (χ1n) is 11.7. The highest BCUT2D eigenvalue weighted by Crippen LogP contribution is 2.48. The molecule has 2 bridgehead atoms. The van der Waals surface area contributed by atoms with E-state index in [-0.39, 0.29) is 17.0 Å². The number of hydrogen-bond donors (Lipinski definition) is 2. The maximum Gasteiger partial charge on any atom is 0.237 e. The highest BCUT2D eigenvalue weighted by atomic mass is 16.2. The molecule has 0 aromatic heterocycles. The maximum absolute atomic E-state index is 13.0. The molecule has 2 fully saturated rings. The minimum absolute atomic E-state index is 0.108. The van der Waals surface area contributed by atoms with Crippen molar-refractivity contribution >= 4 is 5.91 Å². The molecular weight excluding hydrogens is 358 g/mol. The van der Waals surface area contributed by atoms with Gasteiger partial charge in [0.1, 0.15) is 0 Å². The molecule has 1 aromatic carbocycles. The third kappa shape index (κ3) is 4.69. The summed E-state index contributed by atoms with van der Waals surface area (Å²) in [5.41, 5.74) is 2.90. The second-order valence-corrected chi connectivity index (χ2v) is 10.5. The molecule has 1 heterocycles. The number of benzene rings is 1. The lowest BCUT2D eigenvalue weighted by Gasteiger charge is -2.55. The molecule has 4 nitrogen and oxygen atoms in total. The van der Waals surface area contributed by atoms with Gasteiger partial charge in [0.15, 0.2) is 0 Å². The first kappa shape index (κ1) is 20.9. The Morgan fingerprint density at radius 2 is 1.86 bits per heavy atom. The third-order valence-corrected chi connectivity index (χ3v) is 7.51. The van der Waals surface area contributed by atoms with Gasteiger partial charge in [-0.2, -0.15) is 0 Å². The molecular formula is C25H39N3O. The van der Waals surface area contributed by atoms with Crippen molar-refractivity contribution in [2.75, 3.05) is 13.1 Å². The van der Waals surface area contributed by atoms with Crippen molar-refractivity contribution in [3.05, 3.63) is 35.4 Å². The van der Waals surface area contributed by atoms with Crippen molar-refractivity contribution in [1.29, 1.82) is 0 Å². The van der Waals surface area contributed by atoms with E-state index < -0.39 is 0 Å². The summed E-state index contributed by atoms with van der Waals surface area (Å²) in [6.45, 7) is 10.2. The minimum Gasteiger partial charge on any atom is -0.333 e. The van der Waals surface area contributed by atoms with Crippen molar-refractivity contribution in [2.24, 2.45) is 11.8 Å². The summed E-state index contributed by atoms with van der Waals surface area (Å²) in [4.78, 5) is 15.0. The van der Waals surface area contributed by atoms with Gasteiger partial charge in [-0.25, -0.2) is 0 Å². The predicted molar refractivity (Wildman–Crippen MR) is 118 cm³/mol. The molecule has 4 heteroatoms. The van der Waals surface area contributed by atoms with Crippen LogP contribution in [0.25, 0.3) is 0 Å². The monoisotopic (exact) mass is 397 g/mol. The predicted octanol–water partition coefficient (Wildman–Crippen LogP) is 4.24. The van der Waals surface area contributed by atoms with Gasteiger partial charge in [-0.1, -0.05) is 44.5 Å². The number of hydrogen-bond acceptors (Lipinski definition) is 3. The normalized spacial score (nSPS) is 33.6. The van der Waals surface area contributed by atoms with E-state index in [1.54, 1.807) is 0 Å². The number of amides is 1. The fraction of sp³-hybridized carbons (Fsp3) is 0.720. The summed E-state index contributed by atoms with van der Waals surface area (Å²) in [5, 5.41) is 7.70. The molecule has 1 aliphatic heterocycles. The summed E-state index contributed by atoms with van der Waals surface area (Å²) in [5.74, 6) is 1.76. The van der Waals surface area contributed by atoms with Crippen LogP contribution in [-0.4, -0.2) is 35.0 Å². The minimum atomic E-state index is 0.108. The van der Waals surface area contributed by atoms with E-state index in [4.69, 9.17) is 0 Å². The Labute approximate surface area is 176 Å². The van der Waals surface area contributed by atoms with E-state index in [1.807, 2.05) is 4.90 Å². The molecule has 4 atom stereocenters. The number of nitrogens with one attached hydrogen (secondary N) is 2. The zero-order chi connectivity index (χ0) is 20.5. The highest BCUT2D eigenvalue weighted by Gasteiger charge is 2.49. The Balaban J connectivity index is 1.39. The van der Waals surface area contributed by atoms with Gasteiger partial charge in [0.05, 0.1) is 6.54 Å². The fourth-order valence-electron chi connectivity index (χ4n) is 6.59. The summed E-state index contributed by atoms with van der Waals surface area (Å²) in [6, 6.07) is 8.44. The number of carbonyl (C=O) groups excluding carboxylic acids is 1. The van der Waals surface area contributed by atoms with E-state index in [1.165, 1.54) is 49.7 Å². The second-order valence-electron chi connectivity index (χ2n) is 10.5. The number of rotatable bonds is 7. The van der Waals surface area contributed by atoms with Gasteiger partial charge >= 0.3 is 0 Å². The molecule has 29 heavy (non-hydrogen) atoms. The maximum atomic E-state index is 13.0. The lowest BCUT2D eigenvalue weighted by atomic mass is 9.58. The van der Waals surface area contributed by atoms with E-state index >= 15 is 0 Å². The van der Waals surface area contributed by atoms with Crippen molar-refractivity contribution in [2.45, 2.75) is 89.9 Å². The Hall–Kier alpha value is -1.39. The van der Waals surface area contributed by atoms with Gasteiger partial charge in [-0.05, 0) is 75.0 Å². The van der Waals surface area contributed by atoms with Crippen molar-refractivity contribution in [1.82, 2.24) is 15.5 Å². The average molecular weight is 398 g/mol. The number of fused-ring (bicyclic) bond motifs is 3. The molecule has 2 N–H and O–H groups in total. The van der Waals surface area contributed by atoms with Crippen LogP contribution >= 0.6 is 0 Å². The average Bonchev–Trinajstić information content (AvgIpc) is 3.09. The summed E-state index contributed by atoms with van der Waals surface area (Å²) >= 11 is 0. The Morgan fingerprint density at radius 1 is 1.14 bits per heavy atom. The Morgan fingerprint density at radius 3 is 2.55 bits per heavy atom. The van der Waals surface area contributed by atoms with Crippen LogP contribution in [0.15, 0.2) is 24.3 Å². The van der Waals surface area contributed by atoms with Gasteiger partial charge in [0.25, 0.3) is 0 Å². The van der Waals surface area contributed by atoms with Crippen LogP contribution < -0.4 is 10.6 Å². The van der Waals surface area contributed by atoms with E-state index in [0.717, 1.165) is 37.9 Å². The van der Waals surface area contributed by atoms with Crippen molar-refractivity contribution < 1.29 is 4.79 Å². The topological polar surface area (TPSA) is 44.4 Å². The van der Waals surface area contributed by atoms with Gasteiger partial charge in [0, 0.05) is 24.2 Å². The molecule has 0 saturated heterocycles. The number of carbonyl (C=O) groups is 1. The highest BCUT2D eigenvalue weighted by molar-refractivity contribution is 5.79. The second kappa shape index (κ2) is 8.39. The van der Waals surface area contributed by atoms with Gasteiger partial charge in [-0.3, -0.25) is 4.79 Å². The van der Waals surface area contributed by atoms with E-state index in [2.05, 4.69) is 55.7 Å².